The summed E-state index contributed by atoms with van der Waals surface area (Å²) in [5, 5.41) is 5.17. The Balaban J connectivity index is 1.75. The van der Waals surface area contributed by atoms with Crippen molar-refractivity contribution in [1.82, 2.24) is 10.6 Å². The van der Waals surface area contributed by atoms with E-state index in [1.807, 2.05) is 13.8 Å². The molecule has 0 bridgehead atoms. The first-order chi connectivity index (χ1) is 14.5. The summed E-state index contributed by atoms with van der Waals surface area (Å²) in [5.74, 6) is -1.11. The van der Waals surface area contributed by atoms with Gasteiger partial charge in [0.2, 0.25) is 5.91 Å². The zero-order valence-electron chi connectivity index (χ0n) is 16.9. The molecule has 30 heavy (non-hydrogen) atoms. The lowest BCUT2D eigenvalue weighted by molar-refractivity contribution is -0.120. The summed E-state index contributed by atoms with van der Waals surface area (Å²) in [5.41, 5.74) is 0.998. The van der Waals surface area contributed by atoms with E-state index in [0.29, 0.717) is 24.6 Å². The molecule has 1 aliphatic rings. The van der Waals surface area contributed by atoms with Gasteiger partial charge >= 0.3 is 0 Å². The molecule has 0 fully saturated rings. The number of anilines is 1. The Hall–Kier alpha value is -3.68. The van der Waals surface area contributed by atoms with Gasteiger partial charge in [-0.2, -0.15) is 0 Å². The molecule has 156 valence electrons. The summed E-state index contributed by atoms with van der Waals surface area (Å²) in [7, 11) is 0. The second kappa shape index (κ2) is 9.21. The van der Waals surface area contributed by atoms with Crippen LogP contribution in [0.2, 0.25) is 0 Å². The Kier molecular flexibility index (Phi) is 6.46. The molecular formula is C22H23N3O5. The van der Waals surface area contributed by atoms with Gasteiger partial charge in [-0.1, -0.05) is 6.92 Å². The van der Waals surface area contributed by atoms with Gasteiger partial charge in [0.15, 0.2) is 0 Å². The maximum atomic E-state index is 12.9. The molecule has 0 saturated heterocycles. The molecule has 8 nitrogen and oxygen atoms in total. The maximum Gasteiger partial charge on any atom is 0.266 e. The number of carbonyl (C=O) groups excluding carboxylic acids is 4. The monoisotopic (exact) mass is 409 g/mol. The first kappa shape index (κ1) is 21.0. The number of rotatable bonds is 8. The van der Waals surface area contributed by atoms with Crippen molar-refractivity contribution in [2.45, 2.75) is 20.3 Å². The molecule has 0 atom stereocenters. The lowest BCUT2D eigenvalue weighted by atomic mass is 10.1. The third-order valence-electron chi connectivity index (χ3n) is 4.54. The number of hydrogen-bond donors (Lipinski definition) is 2. The van der Waals surface area contributed by atoms with Crippen LogP contribution in [0.15, 0.2) is 42.5 Å². The fourth-order valence-corrected chi connectivity index (χ4v) is 3.06. The van der Waals surface area contributed by atoms with Crippen LogP contribution in [-0.4, -0.2) is 43.3 Å². The molecule has 2 aromatic carbocycles. The summed E-state index contributed by atoms with van der Waals surface area (Å²) in [6.07, 6.45) is 0.797. The van der Waals surface area contributed by atoms with Gasteiger partial charge in [0.1, 0.15) is 5.75 Å². The number of imide groups is 1. The van der Waals surface area contributed by atoms with E-state index < -0.39 is 17.7 Å². The lowest BCUT2D eigenvalue weighted by Gasteiger charge is -2.14. The van der Waals surface area contributed by atoms with E-state index in [9.17, 15) is 19.2 Å². The zero-order valence-corrected chi connectivity index (χ0v) is 16.9. The number of amides is 4. The largest absolute Gasteiger partial charge is 0.494 e. The number of hydrogen-bond acceptors (Lipinski definition) is 5. The van der Waals surface area contributed by atoms with E-state index in [0.717, 1.165) is 11.3 Å². The topological polar surface area (TPSA) is 105 Å². The number of nitrogens with zero attached hydrogens (tertiary/aromatic N) is 1. The van der Waals surface area contributed by atoms with Gasteiger partial charge < -0.3 is 15.4 Å². The highest BCUT2D eigenvalue weighted by Crippen LogP contribution is 2.30. The summed E-state index contributed by atoms with van der Waals surface area (Å²) in [6, 6.07) is 10.9. The van der Waals surface area contributed by atoms with E-state index in [-0.39, 0.29) is 29.1 Å². The zero-order chi connectivity index (χ0) is 21.7. The minimum absolute atomic E-state index is 0.150. The Labute approximate surface area is 174 Å². The fourth-order valence-electron chi connectivity index (χ4n) is 3.06. The van der Waals surface area contributed by atoms with Crippen LogP contribution in [0.3, 0.4) is 0 Å². The van der Waals surface area contributed by atoms with Crippen LogP contribution in [-0.2, 0) is 4.79 Å². The lowest BCUT2D eigenvalue weighted by Crippen LogP contribution is -2.37. The standard InChI is InChI=1S/C22H23N3O5/c1-3-11-23-19(26)13-24-20(27)14-5-10-17-18(12-14)22(29)25(21(17)28)15-6-8-16(9-7-15)30-4-2/h5-10,12H,3-4,11,13H2,1-2H3,(H,23,26)(H,24,27). The number of nitrogens with one attached hydrogen (secondary N) is 2. The average Bonchev–Trinajstić information content (AvgIpc) is 3.01. The minimum atomic E-state index is -0.505. The van der Waals surface area contributed by atoms with E-state index in [2.05, 4.69) is 10.6 Å². The van der Waals surface area contributed by atoms with Crippen molar-refractivity contribution >= 4 is 29.3 Å². The van der Waals surface area contributed by atoms with Gasteiger partial charge in [0.25, 0.3) is 17.7 Å². The highest BCUT2D eigenvalue weighted by Gasteiger charge is 2.37. The quantitative estimate of drug-likeness (QED) is 0.650. The van der Waals surface area contributed by atoms with Gasteiger partial charge in [-0.15, -0.1) is 0 Å². The van der Waals surface area contributed by atoms with Gasteiger partial charge in [-0.25, -0.2) is 4.90 Å². The van der Waals surface area contributed by atoms with Crippen molar-refractivity contribution in [3.8, 4) is 5.75 Å². The molecule has 1 heterocycles. The predicted molar refractivity (Wildman–Crippen MR) is 111 cm³/mol. The van der Waals surface area contributed by atoms with Crippen molar-refractivity contribution < 1.29 is 23.9 Å². The van der Waals surface area contributed by atoms with Gasteiger partial charge in [0.05, 0.1) is 30.0 Å². The highest BCUT2D eigenvalue weighted by atomic mass is 16.5. The molecule has 1 aliphatic heterocycles. The average molecular weight is 409 g/mol. The van der Waals surface area contributed by atoms with Crippen molar-refractivity contribution in [3.05, 3.63) is 59.2 Å². The minimum Gasteiger partial charge on any atom is -0.494 e. The van der Waals surface area contributed by atoms with E-state index in [4.69, 9.17) is 4.74 Å². The molecule has 0 spiro atoms. The number of ether oxygens (including phenoxy) is 1. The van der Waals surface area contributed by atoms with Crippen LogP contribution >= 0.6 is 0 Å². The van der Waals surface area contributed by atoms with Crippen molar-refractivity contribution in [1.29, 1.82) is 0 Å². The number of fused-ring (bicyclic) bond motifs is 1. The van der Waals surface area contributed by atoms with Crippen molar-refractivity contribution in [2.24, 2.45) is 0 Å². The van der Waals surface area contributed by atoms with Crippen LogP contribution in [0.5, 0.6) is 5.75 Å². The molecule has 0 aliphatic carbocycles. The second-order valence-electron chi connectivity index (χ2n) is 6.67. The van der Waals surface area contributed by atoms with E-state index in [1.54, 1.807) is 24.3 Å². The molecule has 0 saturated carbocycles. The maximum absolute atomic E-state index is 12.9. The Bertz CT molecular complexity index is 985. The van der Waals surface area contributed by atoms with Crippen LogP contribution in [0, 0.1) is 0 Å². The van der Waals surface area contributed by atoms with Gasteiger partial charge in [-0.05, 0) is 55.8 Å². The summed E-state index contributed by atoms with van der Waals surface area (Å²) < 4.78 is 5.38. The number of benzene rings is 2. The molecule has 0 unspecified atom stereocenters. The predicted octanol–water partition coefficient (Wildman–Crippen LogP) is 2.14. The summed E-state index contributed by atoms with van der Waals surface area (Å²) in [4.78, 5) is 50.7. The molecule has 3 rings (SSSR count). The van der Waals surface area contributed by atoms with E-state index in [1.165, 1.54) is 18.2 Å². The Morgan fingerprint density at radius 2 is 1.63 bits per heavy atom. The first-order valence-electron chi connectivity index (χ1n) is 9.76. The second-order valence-corrected chi connectivity index (χ2v) is 6.67. The highest BCUT2D eigenvalue weighted by molar-refractivity contribution is 6.34. The number of carbonyl (C=O) groups is 4. The van der Waals surface area contributed by atoms with Gasteiger partial charge in [-0.3, -0.25) is 19.2 Å². The van der Waals surface area contributed by atoms with E-state index >= 15 is 0 Å². The third-order valence-corrected chi connectivity index (χ3v) is 4.54. The van der Waals surface area contributed by atoms with Crippen LogP contribution < -0.4 is 20.3 Å². The molecular weight excluding hydrogens is 386 g/mol. The SMILES string of the molecule is CCCNC(=O)CNC(=O)c1ccc2c(c1)C(=O)N(c1ccc(OCC)cc1)C2=O. The van der Waals surface area contributed by atoms with Crippen molar-refractivity contribution in [3.63, 3.8) is 0 Å². The normalized spacial score (nSPS) is 12.5. The van der Waals surface area contributed by atoms with Crippen LogP contribution in [0.25, 0.3) is 0 Å². The van der Waals surface area contributed by atoms with Gasteiger partial charge in [0, 0.05) is 12.1 Å². The Morgan fingerprint density at radius 1 is 0.933 bits per heavy atom. The Morgan fingerprint density at radius 3 is 2.30 bits per heavy atom. The fraction of sp³-hybridized carbons (Fsp3) is 0.273. The first-order valence-corrected chi connectivity index (χ1v) is 9.76. The van der Waals surface area contributed by atoms with Crippen LogP contribution in [0.4, 0.5) is 5.69 Å². The van der Waals surface area contributed by atoms with Crippen molar-refractivity contribution in [2.75, 3.05) is 24.6 Å². The molecule has 0 aromatic heterocycles. The molecule has 4 amide bonds. The molecule has 2 aromatic rings. The smallest absolute Gasteiger partial charge is 0.266 e. The summed E-state index contributed by atoms with van der Waals surface area (Å²) in [6.45, 7) is 4.67. The molecule has 0 radical (unpaired) electrons. The van der Waals surface area contributed by atoms with Crippen LogP contribution in [0.1, 0.15) is 51.3 Å². The summed E-state index contributed by atoms with van der Waals surface area (Å²) >= 11 is 0. The third kappa shape index (κ3) is 4.32. The molecule has 8 heteroatoms. The molecule has 2 N–H and O–H groups in total.